The van der Waals surface area contributed by atoms with Crippen LogP contribution in [0.15, 0.2) is 12.4 Å². The molecule has 2 amide bonds. The van der Waals surface area contributed by atoms with Gasteiger partial charge in [-0.1, -0.05) is 0 Å². The van der Waals surface area contributed by atoms with Crippen molar-refractivity contribution in [3.63, 3.8) is 0 Å². The number of aryl methyl sites for hydroxylation is 1. The normalized spacial score (nSPS) is 23.5. The molecule has 0 aliphatic carbocycles. The molecular weight excluding hydrogens is 320 g/mol. The highest BCUT2D eigenvalue weighted by Crippen LogP contribution is 2.31. The fraction of sp³-hybridized carbons (Fsp3) is 0.722. The van der Waals surface area contributed by atoms with Crippen LogP contribution in [0, 0.1) is 12.8 Å². The minimum absolute atomic E-state index is 0.0730. The number of rotatable bonds is 2. The maximum absolute atomic E-state index is 12.8. The Hall–Kier alpha value is -2.05. The highest BCUT2D eigenvalue weighted by Gasteiger charge is 2.43. The number of nitrogens with zero attached hydrogens (tertiary/aromatic N) is 4. The summed E-state index contributed by atoms with van der Waals surface area (Å²) in [6.07, 6.45) is 5.38. The molecule has 0 bridgehead atoms. The molecule has 0 spiro atoms. The van der Waals surface area contributed by atoms with E-state index in [0.717, 1.165) is 24.9 Å². The van der Waals surface area contributed by atoms with Crippen molar-refractivity contribution in [1.82, 2.24) is 19.6 Å². The smallest absolute Gasteiger partial charge is 0.410 e. The van der Waals surface area contributed by atoms with Gasteiger partial charge in [-0.2, -0.15) is 5.10 Å². The van der Waals surface area contributed by atoms with Crippen molar-refractivity contribution >= 4 is 12.0 Å². The fourth-order valence-corrected chi connectivity index (χ4v) is 3.75. The van der Waals surface area contributed by atoms with Crippen molar-refractivity contribution in [3.8, 4) is 0 Å². The maximum Gasteiger partial charge on any atom is 0.410 e. The van der Waals surface area contributed by atoms with Crippen LogP contribution in [0.3, 0.4) is 0 Å². The van der Waals surface area contributed by atoms with E-state index in [1.165, 1.54) is 0 Å². The second-order valence-electron chi connectivity index (χ2n) is 8.16. The van der Waals surface area contributed by atoms with E-state index in [0.29, 0.717) is 19.0 Å². The van der Waals surface area contributed by atoms with Crippen LogP contribution in [0.4, 0.5) is 4.79 Å². The van der Waals surface area contributed by atoms with Gasteiger partial charge in [-0.15, -0.1) is 0 Å². The van der Waals surface area contributed by atoms with Crippen molar-refractivity contribution in [2.45, 2.75) is 58.7 Å². The van der Waals surface area contributed by atoms with Crippen LogP contribution in [0.25, 0.3) is 0 Å². The Labute approximate surface area is 148 Å². The van der Waals surface area contributed by atoms with Gasteiger partial charge < -0.3 is 14.5 Å². The quantitative estimate of drug-likeness (QED) is 0.820. The number of hydrogen-bond acceptors (Lipinski definition) is 4. The van der Waals surface area contributed by atoms with Crippen LogP contribution in [0.5, 0.6) is 0 Å². The van der Waals surface area contributed by atoms with Crippen LogP contribution >= 0.6 is 0 Å². The van der Waals surface area contributed by atoms with Crippen molar-refractivity contribution in [1.29, 1.82) is 0 Å². The molecule has 2 saturated heterocycles. The lowest BCUT2D eigenvalue weighted by atomic mass is 9.92. The molecule has 2 fully saturated rings. The predicted molar refractivity (Wildman–Crippen MR) is 93.0 cm³/mol. The molecule has 2 aliphatic heterocycles. The summed E-state index contributed by atoms with van der Waals surface area (Å²) in [5.74, 6) is 0.411. The monoisotopic (exact) mass is 348 g/mol. The zero-order valence-corrected chi connectivity index (χ0v) is 15.6. The number of likely N-dealkylation sites (tertiary alicyclic amines) is 2. The Kier molecular flexibility index (Phi) is 4.75. The van der Waals surface area contributed by atoms with Gasteiger partial charge in [0.05, 0.1) is 12.2 Å². The van der Waals surface area contributed by atoms with Gasteiger partial charge in [-0.3, -0.25) is 9.48 Å². The fourth-order valence-electron chi connectivity index (χ4n) is 3.75. The molecule has 3 rings (SSSR count). The van der Waals surface area contributed by atoms with Gasteiger partial charge in [0.1, 0.15) is 12.1 Å². The largest absolute Gasteiger partial charge is 0.444 e. The van der Waals surface area contributed by atoms with E-state index in [-0.39, 0.29) is 24.6 Å². The molecule has 3 heterocycles. The van der Waals surface area contributed by atoms with Crippen LogP contribution in [0.2, 0.25) is 0 Å². The Morgan fingerprint density at radius 2 is 2.08 bits per heavy atom. The molecule has 0 saturated carbocycles. The standard InChI is InChI=1S/C18H28N4O3/c1-13-8-19-21(9-13)12-16(23)22-7-5-6-14-10-20(11-15(14)22)17(24)25-18(2,3)4/h8-9,14-15H,5-7,10-12H2,1-4H3/t14-,15+/m1/s1. The third-order valence-corrected chi connectivity index (χ3v) is 4.81. The number of ether oxygens (including phenoxy) is 1. The Bertz CT molecular complexity index is 649. The second-order valence-corrected chi connectivity index (χ2v) is 8.16. The summed E-state index contributed by atoms with van der Waals surface area (Å²) >= 11 is 0. The Balaban J connectivity index is 1.65. The zero-order chi connectivity index (χ0) is 18.2. The van der Waals surface area contributed by atoms with E-state index in [1.54, 1.807) is 15.8 Å². The average molecular weight is 348 g/mol. The third kappa shape index (κ3) is 4.14. The lowest BCUT2D eigenvalue weighted by molar-refractivity contribution is -0.136. The number of hydrogen-bond donors (Lipinski definition) is 0. The van der Waals surface area contributed by atoms with Gasteiger partial charge in [0.15, 0.2) is 0 Å². The number of piperidine rings is 1. The van der Waals surface area contributed by atoms with E-state index < -0.39 is 5.60 Å². The predicted octanol–water partition coefficient (Wildman–Crippen LogP) is 2.05. The van der Waals surface area contributed by atoms with E-state index in [9.17, 15) is 9.59 Å². The van der Waals surface area contributed by atoms with Crippen molar-refractivity contribution in [3.05, 3.63) is 18.0 Å². The zero-order valence-electron chi connectivity index (χ0n) is 15.6. The molecule has 0 aromatic carbocycles. The highest BCUT2D eigenvalue weighted by molar-refractivity contribution is 5.77. The molecular formula is C18H28N4O3. The summed E-state index contributed by atoms with van der Waals surface area (Å²) < 4.78 is 7.17. The molecule has 138 valence electrons. The SMILES string of the molecule is Cc1cnn(CC(=O)N2CCC[C@@H]3CN(C(=O)OC(C)(C)C)C[C@@H]32)c1. The van der Waals surface area contributed by atoms with Crippen LogP contribution in [0.1, 0.15) is 39.2 Å². The summed E-state index contributed by atoms with van der Waals surface area (Å²) in [4.78, 5) is 28.8. The highest BCUT2D eigenvalue weighted by atomic mass is 16.6. The van der Waals surface area contributed by atoms with E-state index in [1.807, 2.05) is 38.8 Å². The van der Waals surface area contributed by atoms with Crippen LogP contribution in [-0.4, -0.2) is 62.9 Å². The lowest BCUT2D eigenvalue weighted by Crippen LogP contribution is -2.49. The average Bonchev–Trinajstić information content (AvgIpc) is 3.11. The van der Waals surface area contributed by atoms with Crippen molar-refractivity contribution < 1.29 is 14.3 Å². The first-order valence-corrected chi connectivity index (χ1v) is 8.99. The molecule has 2 atom stereocenters. The van der Waals surface area contributed by atoms with Gasteiger partial charge in [0.2, 0.25) is 5.91 Å². The molecule has 1 aromatic heterocycles. The summed E-state index contributed by atoms with van der Waals surface area (Å²) in [6, 6.07) is 0.0884. The molecule has 1 aromatic rings. The van der Waals surface area contributed by atoms with Crippen LogP contribution in [-0.2, 0) is 16.1 Å². The molecule has 0 N–H and O–H groups in total. The molecule has 7 heteroatoms. The molecule has 0 radical (unpaired) electrons. The van der Waals surface area contributed by atoms with Crippen molar-refractivity contribution in [2.75, 3.05) is 19.6 Å². The van der Waals surface area contributed by atoms with E-state index >= 15 is 0 Å². The number of carbonyl (C=O) groups excluding carboxylic acids is 2. The topological polar surface area (TPSA) is 67.7 Å². The Morgan fingerprint density at radius 3 is 2.72 bits per heavy atom. The molecule has 7 nitrogen and oxygen atoms in total. The lowest BCUT2D eigenvalue weighted by Gasteiger charge is -2.36. The first-order chi connectivity index (χ1) is 11.7. The van der Waals surface area contributed by atoms with Gasteiger partial charge in [0, 0.05) is 25.8 Å². The second kappa shape index (κ2) is 6.69. The van der Waals surface area contributed by atoms with Crippen molar-refractivity contribution in [2.24, 2.45) is 5.92 Å². The third-order valence-electron chi connectivity index (χ3n) is 4.81. The summed E-state index contributed by atoms with van der Waals surface area (Å²) in [5, 5.41) is 4.20. The maximum atomic E-state index is 12.8. The number of amides is 2. The summed E-state index contributed by atoms with van der Waals surface area (Å²) in [6.45, 7) is 9.81. The van der Waals surface area contributed by atoms with Gasteiger partial charge in [-0.05, 0) is 52.0 Å². The number of carbonyl (C=O) groups is 2. The van der Waals surface area contributed by atoms with Gasteiger partial charge in [-0.25, -0.2) is 4.79 Å². The van der Waals surface area contributed by atoms with Crippen LogP contribution < -0.4 is 0 Å². The van der Waals surface area contributed by atoms with E-state index in [2.05, 4.69) is 5.10 Å². The minimum Gasteiger partial charge on any atom is -0.444 e. The summed E-state index contributed by atoms with van der Waals surface area (Å²) in [5.41, 5.74) is 0.541. The van der Waals surface area contributed by atoms with E-state index in [4.69, 9.17) is 4.74 Å². The number of fused-ring (bicyclic) bond motifs is 1. The molecule has 25 heavy (non-hydrogen) atoms. The molecule has 2 aliphatic rings. The summed E-state index contributed by atoms with van der Waals surface area (Å²) in [7, 11) is 0. The Morgan fingerprint density at radius 1 is 1.32 bits per heavy atom. The molecule has 0 unspecified atom stereocenters. The number of aromatic nitrogens is 2. The minimum atomic E-state index is -0.502. The first kappa shape index (κ1) is 17.8. The first-order valence-electron chi connectivity index (χ1n) is 8.99. The van der Waals surface area contributed by atoms with Gasteiger partial charge in [0.25, 0.3) is 0 Å². The van der Waals surface area contributed by atoms with Gasteiger partial charge >= 0.3 is 6.09 Å².